The number of aryl methyl sites for hydroxylation is 1. The topological polar surface area (TPSA) is 84.1 Å². The molecule has 0 unspecified atom stereocenters. The molecule has 3 N–H and O–H groups in total. The van der Waals surface area contributed by atoms with E-state index in [1.807, 2.05) is 25.7 Å². The molecular formula is C14H25N5O. The van der Waals surface area contributed by atoms with Crippen molar-refractivity contribution in [3.05, 3.63) is 11.4 Å². The maximum Gasteiger partial charge on any atom is 0.236 e. The van der Waals surface area contributed by atoms with Crippen LogP contribution in [-0.4, -0.2) is 35.5 Å². The molecule has 0 aliphatic rings. The first-order valence-corrected chi connectivity index (χ1v) is 7.18. The van der Waals surface area contributed by atoms with E-state index in [1.54, 1.807) is 0 Å². The fraction of sp³-hybridized carbons (Fsp3) is 0.643. The fourth-order valence-corrected chi connectivity index (χ4v) is 2.06. The molecule has 0 fully saturated rings. The van der Waals surface area contributed by atoms with Crippen molar-refractivity contribution in [2.24, 2.45) is 5.73 Å². The summed E-state index contributed by atoms with van der Waals surface area (Å²) in [7, 11) is 0. The first-order chi connectivity index (χ1) is 9.53. The van der Waals surface area contributed by atoms with Gasteiger partial charge in [0, 0.05) is 25.1 Å². The normalized spacial score (nSPS) is 10.4. The monoisotopic (exact) mass is 279 g/mol. The van der Waals surface area contributed by atoms with E-state index >= 15 is 0 Å². The Morgan fingerprint density at radius 1 is 1.30 bits per heavy atom. The van der Waals surface area contributed by atoms with Crippen LogP contribution in [0.25, 0.3) is 0 Å². The Morgan fingerprint density at radius 3 is 2.50 bits per heavy atom. The van der Waals surface area contributed by atoms with Crippen LogP contribution in [-0.2, 0) is 11.2 Å². The van der Waals surface area contributed by atoms with Crippen molar-refractivity contribution < 1.29 is 4.79 Å². The number of likely N-dealkylation sites (N-methyl/N-ethyl adjacent to an activating group) is 1. The largest absolute Gasteiger partial charge is 0.370 e. The molecule has 0 bridgehead atoms. The number of hydrogen-bond donors (Lipinski definition) is 2. The van der Waals surface area contributed by atoms with Crippen LogP contribution in [0.1, 0.15) is 38.6 Å². The van der Waals surface area contributed by atoms with Crippen molar-refractivity contribution in [1.29, 1.82) is 0 Å². The summed E-state index contributed by atoms with van der Waals surface area (Å²) in [5, 5.41) is 3.25. The quantitative estimate of drug-likeness (QED) is 0.753. The minimum atomic E-state index is -0.355. The van der Waals surface area contributed by atoms with E-state index < -0.39 is 0 Å². The predicted molar refractivity (Wildman–Crippen MR) is 82.0 cm³/mol. The number of rotatable bonds is 8. The lowest BCUT2D eigenvalue weighted by atomic mass is 10.2. The lowest BCUT2D eigenvalue weighted by molar-refractivity contribution is -0.116. The first-order valence-electron chi connectivity index (χ1n) is 7.18. The van der Waals surface area contributed by atoms with Gasteiger partial charge in [-0.1, -0.05) is 6.92 Å². The number of amides is 1. The zero-order chi connectivity index (χ0) is 15.1. The average molecular weight is 279 g/mol. The van der Waals surface area contributed by atoms with Gasteiger partial charge in [-0.3, -0.25) is 4.79 Å². The standard InChI is InChI=1S/C14H25N5O/c1-5-8-12-17-13(16-6-2)10(4)14(18-12)19(7-3)9-11(15)20/h5-9H2,1-4H3,(H2,15,20)(H,16,17,18). The summed E-state index contributed by atoms with van der Waals surface area (Å²) in [4.78, 5) is 22.2. The summed E-state index contributed by atoms with van der Waals surface area (Å²) < 4.78 is 0. The molecule has 112 valence electrons. The molecule has 6 heteroatoms. The fourth-order valence-electron chi connectivity index (χ4n) is 2.06. The summed E-state index contributed by atoms with van der Waals surface area (Å²) >= 11 is 0. The molecule has 0 radical (unpaired) electrons. The van der Waals surface area contributed by atoms with Gasteiger partial charge in [-0.25, -0.2) is 9.97 Å². The van der Waals surface area contributed by atoms with Gasteiger partial charge in [0.2, 0.25) is 5.91 Å². The van der Waals surface area contributed by atoms with Gasteiger partial charge in [0.25, 0.3) is 0 Å². The number of nitrogens with one attached hydrogen (secondary N) is 1. The first kappa shape index (κ1) is 16.2. The zero-order valence-electron chi connectivity index (χ0n) is 12.9. The molecule has 0 aromatic carbocycles. The molecule has 0 aliphatic carbocycles. The van der Waals surface area contributed by atoms with Crippen LogP contribution in [0.15, 0.2) is 0 Å². The summed E-state index contributed by atoms with van der Waals surface area (Å²) in [5.41, 5.74) is 6.26. The van der Waals surface area contributed by atoms with Gasteiger partial charge in [0.15, 0.2) is 0 Å². The molecule has 20 heavy (non-hydrogen) atoms. The molecule has 6 nitrogen and oxygen atoms in total. The minimum Gasteiger partial charge on any atom is -0.370 e. The number of nitrogens with zero attached hydrogens (tertiary/aromatic N) is 3. The third-order valence-corrected chi connectivity index (χ3v) is 3.01. The number of hydrogen-bond acceptors (Lipinski definition) is 5. The number of aromatic nitrogens is 2. The number of nitrogens with two attached hydrogens (primary N) is 1. The number of carbonyl (C=O) groups is 1. The van der Waals surface area contributed by atoms with Crippen LogP contribution in [0.2, 0.25) is 0 Å². The Kier molecular flexibility index (Phi) is 6.21. The van der Waals surface area contributed by atoms with E-state index in [-0.39, 0.29) is 12.5 Å². The van der Waals surface area contributed by atoms with E-state index in [4.69, 9.17) is 5.73 Å². The zero-order valence-corrected chi connectivity index (χ0v) is 12.9. The smallest absolute Gasteiger partial charge is 0.236 e. The maximum absolute atomic E-state index is 11.2. The van der Waals surface area contributed by atoms with E-state index in [0.717, 1.165) is 42.4 Å². The van der Waals surface area contributed by atoms with Crippen LogP contribution in [0.5, 0.6) is 0 Å². The van der Waals surface area contributed by atoms with Crippen LogP contribution < -0.4 is 16.0 Å². The second kappa shape index (κ2) is 7.67. The highest BCUT2D eigenvalue weighted by atomic mass is 16.1. The maximum atomic E-state index is 11.2. The van der Waals surface area contributed by atoms with Crippen LogP contribution in [0.3, 0.4) is 0 Å². The van der Waals surface area contributed by atoms with Crippen molar-refractivity contribution in [2.75, 3.05) is 29.9 Å². The number of carbonyl (C=O) groups excluding carboxylic acids is 1. The predicted octanol–water partition coefficient (Wildman–Crippen LogP) is 1.48. The van der Waals surface area contributed by atoms with E-state index in [0.29, 0.717) is 6.54 Å². The van der Waals surface area contributed by atoms with Gasteiger partial charge in [-0.2, -0.15) is 0 Å². The molecule has 1 aromatic rings. The Labute approximate surface area is 120 Å². The molecule has 1 aromatic heterocycles. The van der Waals surface area contributed by atoms with Gasteiger partial charge in [0.1, 0.15) is 17.5 Å². The summed E-state index contributed by atoms with van der Waals surface area (Å²) in [6.45, 7) is 9.72. The van der Waals surface area contributed by atoms with Gasteiger partial charge in [-0.05, 0) is 27.2 Å². The lowest BCUT2D eigenvalue weighted by Crippen LogP contribution is -2.35. The molecular weight excluding hydrogens is 254 g/mol. The molecule has 0 aliphatic heterocycles. The molecule has 0 saturated carbocycles. The highest BCUT2D eigenvalue weighted by molar-refractivity contribution is 5.79. The molecule has 1 amide bonds. The number of anilines is 2. The Balaban J connectivity index is 3.22. The van der Waals surface area contributed by atoms with E-state index in [1.165, 1.54) is 0 Å². The summed E-state index contributed by atoms with van der Waals surface area (Å²) in [6, 6.07) is 0. The molecule has 0 atom stereocenters. The van der Waals surface area contributed by atoms with Crippen molar-refractivity contribution >= 4 is 17.5 Å². The van der Waals surface area contributed by atoms with Crippen LogP contribution in [0.4, 0.5) is 11.6 Å². The molecule has 0 spiro atoms. The second-order valence-corrected chi connectivity index (χ2v) is 4.70. The van der Waals surface area contributed by atoms with Crippen LogP contribution >= 0.6 is 0 Å². The minimum absolute atomic E-state index is 0.172. The second-order valence-electron chi connectivity index (χ2n) is 4.70. The third-order valence-electron chi connectivity index (χ3n) is 3.01. The Hall–Kier alpha value is -1.85. The average Bonchev–Trinajstić information content (AvgIpc) is 2.40. The summed E-state index contributed by atoms with van der Waals surface area (Å²) in [5.74, 6) is 2.07. The van der Waals surface area contributed by atoms with E-state index in [2.05, 4.69) is 22.2 Å². The van der Waals surface area contributed by atoms with Crippen molar-refractivity contribution in [3.8, 4) is 0 Å². The molecule has 1 rings (SSSR count). The number of primary amides is 1. The van der Waals surface area contributed by atoms with Gasteiger partial charge >= 0.3 is 0 Å². The van der Waals surface area contributed by atoms with Gasteiger partial charge in [0.05, 0.1) is 6.54 Å². The van der Waals surface area contributed by atoms with Crippen molar-refractivity contribution in [1.82, 2.24) is 9.97 Å². The highest BCUT2D eigenvalue weighted by Crippen LogP contribution is 2.23. The molecule has 0 saturated heterocycles. The van der Waals surface area contributed by atoms with Crippen molar-refractivity contribution in [3.63, 3.8) is 0 Å². The molecule has 1 heterocycles. The van der Waals surface area contributed by atoms with Gasteiger partial charge in [-0.15, -0.1) is 0 Å². The Bertz CT molecular complexity index is 461. The lowest BCUT2D eigenvalue weighted by Gasteiger charge is -2.24. The SMILES string of the molecule is CCCc1nc(NCC)c(C)c(N(CC)CC(N)=O)n1. The highest BCUT2D eigenvalue weighted by Gasteiger charge is 2.16. The van der Waals surface area contributed by atoms with Gasteiger partial charge < -0.3 is 16.0 Å². The summed E-state index contributed by atoms with van der Waals surface area (Å²) in [6.07, 6.45) is 1.80. The van der Waals surface area contributed by atoms with E-state index in [9.17, 15) is 4.79 Å². The third kappa shape index (κ3) is 4.08. The Morgan fingerprint density at radius 2 is 2.00 bits per heavy atom. The van der Waals surface area contributed by atoms with Crippen LogP contribution in [0, 0.1) is 6.92 Å². The van der Waals surface area contributed by atoms with Crippen molar-refractivity contribution in [2.45, 2.75) is 40.5 Å².